The summed E-state index contributed by atoms with van der Waals surface area (Å²) in [6, 6.07) is 0. The molecule has 0 spiro atoms. The number of carbonyl (C=O) groups excluding carboxylic acids is 1. The van der Waals surface area contributed by atoms with Gasteiger partial charge in [0.25, 0.3) is 0 Å². The van der Waals surface area contributed by atoms with Crippen LogP contribution in [0.3, 0.4) is 0 Å². The van der Waals surface area contributed by atoms with Crippen LogP contribution in [0.4, 0.5) is 0 Å². The number of thioether (sulfide) groups is 1. The maximum Gasteiger partial charge on any atom is 0.328 e. The van der Waals surface area contributed by atoms with Crippen LogP contribution in [0.1, 0.15) is 6.42 Å². The number of aliphatic carboxylic acids is 1. The third-order valence-corrected chi connectivity index (χ3v) is 2.44. The van der Waals surface area contributed by atoms with Gasteiger partial charge >= 0.3 is 5.97 Å². The zero-order chi connectivity index (χ0) is 11.5. The van der Waals surface area contributed by atoms with Crippen LogP contribution in [0.2, 0.25) is 0 Å². The van der Waals surface area contributed by atoms with Crippen LogP contribution < -0.4 is 5.32 Å². The highest BCUT2D eigenvalue weighted by Crippen LogP contribution is 1.99. The van der Waals surface area contributed by atoms with Crippen LogP contribution in [-0.4, -0.2) is 46.7 Å². The molecule has 0 aliphatic heterocycles. The molecule has 0 radical (unpaired) electrons. The molecule has 0 fully saturated rings. The molecule has 0 saturated carbocycles. The van der Waals surface area contributed by atoms with E-state index in [2.05, 4.69) is 5.32 Å². The maximum atomic E-state index is 10.9. The van der Waals surface area contributed by atoms with Gasteiger partial charge in [0.15, 0.2) is 0 Å². The van der Waals surface area contributed by atoms with E-state index in [1.54, 1.807) is 11.8 Å². The van der Waals surface area contributed by atoms with Gasteiger partial charge in [-0.05, 0) is 12.2 Å². The van der Waals surface area contributed by atoms with Crippen molar-refractivity contribution in [2.45, 2.75) is 6.42 Å². The number of nitrogens with one attached hydrogen (secondary N) is 1. The number of carbonyl (C=O) groups is 2. The van der Waals surface area contributed by atoms with E-state index >= 15 is 0 Å². The Morgan fingerprint density at radius 1 is 1.27 bits per heavy atom. The summed E-state index contributed by atoms with van der Waals surface area (Å²) in [6.07, 6.45) is 2.53. The summed E-state index contributed by atoms with van der Waals surface area (Å²) in [6.45, 7) is 0.680. The van der Waals surface area contributed by atoms with Gasteiger partial charge in [-0.25, -0.2) is 4.79 Å². The summed E-state index contributed by atoms with van der Waals surface area (Å²) in [5.74, 6) is 0.0758. The van der Waals surface area contributed by atoms with E-state index in [9.17, 15) is 9.59 Å². The predicted molar refractivity (Wildman–Crippen MR) is 58.8 cm³/mol. The topological polar surface area (TPSA) is 86.6 Å². The zero-order valence-corrected chi connectivity index (χ0v) is 9.13. The highest BCUT2D eigenvalue weighted by Gasteiger charge is 1.95. The number of amides is 1. The van der Waals surface area contributed by atoms with Gasteiger partial charge in [-0.2, -0.15) is 11.8 Å². The zero-order valence-electron chi connectivity index (χ0n) is 8.31. The van der Waals surface area contributed by atoms with Crippen LogP contribution in [0.25, 0.3) is 0 Å². The molecule has 86 valence electrons. The minimum absolute atomic E-state index is 0.181. The van der Waals surface area contributed by atoms with Crippen LogP contribution in [0.15, 0.2) is 12.2 Å². The van der Waals surface area contributed by atoms with Crippen molar-refractivity contribution in [1.29, 1.82) is 0 Å². The molecule has 0 heterocycles. The van der Waals surface area contributed by atoms with Gasteiger partial charge in [0.1, 0.15) is 0 Å². The fourth-order valence-corrected chi connectivity index (χ4v) is 1.50. The second kappa shape index (κ2) is 9.54. The van der Waals surface area contributed by atoms with Crippen LogP contribution in [-0.2, 0) is 9.59 Å². The highest BCUT2D eigenvalue weighted by atomic mass is 32.2. The van der Waals surface area contributed by atoms with E-state index < -0.39 is 11.9 Å². The molecule has 0 unspecified atom stereocenters. The summed E-state index contributed by atoms with van der Waals surface area (Å²) in [5, 5.41) is 19.3. The first-order valence-corrected chi connectivity index (χ1v) is 5.69. The van der Waals surface area contributed by atoms with Crippen molar-refractivity contribution in [2.75, 3.05) is 24.7 Å². The molecule has 1 amide bonds. The fraction of sp³-hybridized carbons (Fsp3) is 0.556. The van der Waals surface area contributed by atoms with Gasteiger partial charge in [0, 0.05) is 31.1 Å². The van der Waals surface area contributed by atoms with Crippen molar-refractivity contribution in [3.05, 3.63) is 12.2 Å². The van der Waals surface area contributed by atoms with Crippen molar-refractivity contribution in [1.82, 2.24) is 5.32 Å². The molecule has 15 heavy (non-hydrogen) atoms. The second-order valence-corrected chi connectivity index (χ2v) is 3.88. The molecule has 0 aliphatic rings. The number of aliphatic hydroxyl groups excluding tert-OH is 1. The van der Waals surface area contributed by atoms with Crippen molar-refractivity contribution in [3.63, 3.8) is 0 Å². The van der Waals surface area contributed by atoms with Gasteiger partial charge in [-0.3, -0.25) is 4.79 Å². The molecule has 0 aliphatic carbocycles. The lowest BCUT2D eigenvalue weighted by molar-refractivity contribution is -0.131. The van der Waals surface area contributed by atoms with E-state index in [0.29, 0.717) is 6.54 Å². The Hall–Kier alpha value is -1.01. The van der Waals surface area contributed by atoms with Crippen molar-refractivity contribution < 1.29 is 19.8 Å². The molecule has 6 heteroatoms. The Labute approximate surface area is 92.6 Å². The van der Waals surface area contributed by atoms with E-state index in [4.69, 9.17) is 10.2 Å². The molecule has 0 saturated heterocycles. The Kier molecular flexibility index (Phi) is 8.90. The predicted octanol–water partition coefficient (Wildman–Crippen LogP) is -0.141. The minimum Gasteiger partial charge on any atom is -0.478 e. The lowest BCUT2D eigenvalue weighted by Gasteiger charge is -2.01. The summed E-state index contributed by atoms with van der Waals surface area (Å²) >= 11 is 1.63. The van der Waals surface area contributed by atoms with Crippen LogP contribution in [0.5, 0.6) is 0 Å². The van der Waals surface area contributed by atoms with Crippen molar-refractivity contribution in [2.24, 2.45) is 0 Å². The van der Waals surface area contributed by atoms with Gasteiger partial charge in [-0.15, -0.1) is 0 Å². The SMILES string of the molecule is O=C(O)/C=C/C(=O)NCCSCCCO. The number of carboxylic acid groups (broad SMARTS) is 1. The summed E-state index contributed by atoms with van der Waals surface area (Å²) in [7, 11) is 0. The number of aliphatic hydroxyl groups is 1. The largest absolute Gasteiger partial charge is 0.478 e. The summed E-state index contributed by atoms with van der Waals surface area (Å²) < 4.78 is 0. The van der Waals surface area contributed by atoms with Crippen molar-refractivity contribution in [3.8, 4) is 0 Å². The molecule has 0 rings (SSSR count). The van der Waals surface area contributed by atoms with E-state index in [-0.39, 0.29) is 6.61 Å². The fourth-order valence-electron chi connectivity index (χ4n) is 0.721. The average Bonchev–Trinajstić information content (AvgIpc) is 2.20. The number of hydrogen-bond donors (Lipinski definition) is 3. The Bertz CT molecular complexity index is 230. The quantitative estimate of drug-likeness (QED) is 0.401. The molecular formula is C9H15NO4S. The first kappa shape index (κ1) is 14.0. The first-order chi connectivity index (χ1) is 7.16. The third-order valence-electron chi connectivity index (χ3n) is 1.37. The Balaban J connectivity index is 3.35. The molecule has 0 aromatic carbocycles. The molecule has 0 bridgehead atoms. The first-order valence-electron chi connectivity index (χ1n) is 4.54. The van der Waals surface area contributed by atoms with E-state index in [1.807, 2.05) is 0 Å². The number of hydrogen-bond acceptors (Lipinski definition) is 4. The minimum atomic E-state index is -1.14. The normalized spacial score (nSPS) is 10.5. The summed E-state index contributed by atoms with van der Waals surface area (Å²) in [4.78, 5) is 21.0. The highest BCUT2D eigenvalue weighted by molar-refractivity contribution is 7.99. The standard InChI is InChI=1S/C9H15NO4S/c11-5-1-6-15-7-4-10-8(12)2-3-9(13)14/h2-3,11H,1,4-7H2,(H,10,12)(H,13,14)/b3-2+. The molecule has 0 aromatic heterocycles. The Morgan fingerprint density at radius 2 is 2.00 bits per heavy atom. The van der Waals surface area contributed by atoms with E-state index in [0.717, 1.165) is 30.1 Å². The van der Waals surface area contributed by atoms with Crippen LogP contribution in [0, 0.1) is 0 Å². The molecule has 5 nitrogen and oxygen atoms in total. The van der Waals surface area contributed by atoms with Gasteiger partial charge in [0.05, 0.1) is 0 Å². The summed E-state index contributed by atoms with van der Waals surface area (Å²) in [5.41, 5.74) is 0. The third kappa shape index (κ3) is 10.9. The second-order valence-electron chi connectivity index (χ2n) is 2.65. The van der Waals surface area contributed by atoms with Gasteiger partial charge in [0.2, 0.25) is 5.91 Å². The smallest absolute Gasteiger partial charge is 0.328 e. The molecule has 3 N–H and O–H groups in total. The van der Waals surface area contributed by atoms with Crippen LogP contribution >= 0.6 is 11.8 Å². The number of carboxylic acids is 1. The molecule has 0 aromatic rings. The molecule has 0 atom stereocenters. The van der Waals surface area contributed by atoms with E-state index in [1.165, 1.54) is 0 Å². The maximum absolute atomic E-state index is 10.9. The Morgan fingerprint density at radius 3 is 2.60 bits per heavy atom. The monoisotopic (exact) mass is 233 g/mol. The lowest BCUT2D eigenvalue weighted by Crippen LogP contribution is -2.23. The van der Waals surface area contributed by atoms with Gasteiger partial charge in [-0.1, -0.05) is 0 Å². The molecular weight excluding hydrogens is 218 g/mol. The average molecular weight is 233 g/mol. The number of rotatable bonds is 8. The van der Waals surface area contributed by atoms with Gasteiger partial charge < -0.3 is 15.5 Å². The lowest BCUT2D eigenvalue weighted by atomic mass is 10.4. The van der Waals surface area contributed by atoms with Crippen molar-refractivity contribution >= 4 is 23.6 Å².